The third-order valence-electron chi connectivity index (χ3n) is 7.04. The standard InChI is InChI=1S/C30H46N4O7Si/c1-20(41-42(8,9)30(5,6)7)14-15-38-28(37)33-25(27(36)39-29(2,3)4)19-32-26(35)17-23-16-24(34-40-23)22-12-10-21(18-31)11-13-22/h10-13,20,23,25H,14-17,19H2,1-9H3,(H,32,35)(H,33,37)/t20-,23-,25+/m1/s1. The number of carbonyl (C=O) groups excluding carboxylic acids is 3. The van der Waals surface area contributed by atoms with Gasteiger partial charge in [-0.2, -0.15) is 5.26 Å². The zero-order valence-electron chi connectivity index (χ0n) is 26.3. The molecule has 1 aliphatic rings. The van der Waals surface area contributed by atoms with E-state index in [2.05, 4.69) is 55.7 Å². The Hall–Kier alpha value is -3.43. The number of hydrogen-bond acceptors (Lipinski definition) is 9. The van der Waals surface area contributed by atoms with Gasteiger partial charge < -0.3 is 29.4 Å². The van der Waals surface area contributed by atoms with E-state index >= 15 is 0 Å². The Morgan fingerprint density at radius 1 is 1.14 bits per heavy atom. The van der Waals surface area contributed by atoms with Gasteiger partial charge in [0.15, 0.2) is 8.32 Å². The molecule has 42 heavy (non-hydrogen) atoms. The number of rotatable bonds is 12. The highest BCUT2D eigenvalue weighted by Gasteiger charge is 2.38. The Morgan fingerprint density at radius 2 is 1.79 bits per heavy atom. The number of oxime groups is 1. The maximum atomic E-state index is 12.8. The lowest BCUT2D eigenvalue weighted by atomic mass is 10.0. The molecule has 0 aliphatic carbocycles. The van der Waals surface area contributed by atoms with Crippen molar-refractivity contribution in [2.45, 2.75) is 110 Å². The van der Waals surface area contributed by atoms with Gasteiger partial charge in [0.25, 0.3) is 0 Å². The Balaban J connectivity index is 1.86. The first kappa shape index (κ1) is 34.8. The maximum absolute atomic E-state index is 12.8. The summed E-state index contributed by atoms with van der Waals surface area (Å²) in [6, 6.07) is 7.85. The topological polar surface area (TPSA) is 148 Å². The van der Waals surface area contributed by atoms with Gasteiger partial charge in [-0.15, -0.1) is 0 Å². The molecule has 2 rings (SSSR count). The van der Waals surface area contributed by atoms with Crippen LogP contribution in [0, 0.1) is 11.3 Å². The fourth-order valence-corrected chi connectivity index (χ4v) is 5.22. The molecule has 3 atom stereocenters. The van der Waals surface area contributed by atoms with Crippen molar-refractivity contribution in [3.8, 4) is 6.07 Å². The SMILES string of the molecule is C[C@H](CCOC(=O)N[C@@H](CNC(=O)C[C@H]1CC(c2ccc(C#N)cc2)=NO1)C(=O)OC(C)(C)C)O[Si](C)(C)C(C)(C)C. The summed E-state index contributed by atoms with van der Waals surface area (Å²) >= 11 is 0. The summed E-state index contributed by atoms with van der Waals surface area (Å²) in [5.41, 5.74) is 1.23. The number of amides is 2. The molecule has 0 saturated carbocycles. The van der Waals surface area contributed by atoms with E-state index in [-0.39, 0.29) is 36.6 Å². The second-order valence-electron chi connectivity index (χ2n) is 13.0. The molecule has 1 aromatic carbocycles. The summed E-state index contributed by atoms with van der Waals surface area (Å²) in [7, 11) is -1.95. The Bertz CT molecular complexity index is 1160. The minimum absolute atomic E-state index is 0.000873. The Labute approximate surface area is 250 Å². The van der Waals surface area contributed by atoms with Crippen molar-refractivity contribution in [2.24, 2.45) is 5.16 Å². The second-order valence-corrected chi connectivity index (χ2v) is 17.8. The molecule has 11 nitrogen and oxygen atoms in total. The number of esters is 1. The molecular formula is C30H46N4O7Si. The quantitative estimate of drug-likeness (QED) is 0.256. The number of benzene rings is 1. The summed E-state index contributed by atoms with van der Waals surface area (Å²) in [5, 5.41) is 18.3. The summed E-state index contributed by atoms with van der Waals surface area (Å²) in [6.45, 7) is 17.8. The molecule has 232 valence electrons. The smallest absolute Gasteiger partial charge is 0.407 e. The molecule has 0 saturated heterocycles. The molecule has 0 fully saturated rings. The molecule has 0 spiro atoms. The Morgan fingerprint density at radius 3 is 2.36 bits per heavy atom. The lowest BCUT2D eigenvalue weighted by Crippen LogP contribution is -2.51. The molecule has 1 aliphatic heterocycles. The maximum Gasteiger partial charge on any atom is 0.407 e. The lowest BCUT2D eigenvalue weighted by Gasteiger charge is -2.38. The van der Waals surface area contributed by atoms with Crippen molar-refractivity contribution < 1.29 is 33.1 Å². The first-order valence-corrected chi connectivity index (χ1v) is 17.1. The number of carbonyl (C=O) groups is 3. The predicted molar refractivity (Wildman–Crippen MR) is 161 cm³/mol. The van der Waals surface area contributed by atoms with Gasteiger partial charge in [-0.1, -0.05) is 38.1 Å². The molecule has 0 aromatic heterocycles. The van der Waals surface area contributed by atoms with Crippen molar-refractivity contribution in [1.82, 2.24) is 10.6 Å². The van der Waals surface area contributed by atoms with Crippen LogP contribution in [-0.2, 0) is 28.3 Å². The van der Waals surface area contributed by atoms with E-state index in [1.807, 2.05) is 6.92 Å². The molecule has 2 N–H and O–H groups in total. The number of nitrogens with one attached hydrogen (secondary N) is 2. The average molecular weight is 603 g/mol. The van der Waals surface area contributed by atoms with Crippen molar-refractivity contribution in [3.63, 3.8) is 0 Å². The molecule has 12 heteroatoms. The molecular weight excluding hydrogens is 556 g/mol. The van der Waals surface area contributed by atoms with Crippen LogP contribution in [0.5, 0.6) is 0 Å². The molecule has 2 amide bonds. The third-order valence-corrected chi connectivity index (χ3v) is 11.6. The highest BCUT2D eigenvalue weighted by molar-refractivity contribution is 6.74. The largest absolute Gasteiger partial charge is 0.458 e. The first-order valence-electron chi connectivity index (χ1n) is 14.2. The molecule has 0 unspecified atom stereocenters. The average Bonchev–Trinajstić information content (AvgIpc) is 3.32. The van der Waals surface area contributed by atoms with E-state index < -0.39 is 38.1 Å². The van der Waals surface area contributed by atoms with Crippen LogP contribution in [0.3, 0.4) is 0 Å². The summed E-state index contributed by atoms with van der Waals surface area (Å²) in [5.74, 6) is -1.07. The normalized spacial score (nSPS) is 16.8. The third kappa shape index (κ3) is 11.4. The molecule has 1 aromatic rings. The van der Waals surface area contributed by atoms with Gasteiger partial charge in [-0.25, -0.2) is 9.59 Å². The van der Waals surface area contributed by atoms with Crippen molar-refractivity contribution in [3.05, 3.63) is 35.4 Å². The number of nitrogens with zero attached hydrogens (tertiary/aromatic N) is 2. The van der Waals surface area contributed by atoms with Gasteiger partial charge >= 0.3 is 12.1 Å². The van der Waals surface area contributed by atoms with E-state index in [1.54, 1.807) is 45.0 Å². The van der Waals surface area contributed by atoms with E-state index in [0.29, 0.717) is 24.1 Å². The van der Waals surface area contributed by atoms with E-state index in [9.17, 15) is 14.4 Å². The Kier molecular flexibility index (Phi) is 12.1. The molecule has 1 heterocycles. The fraction of sp³-hybridized carbons (Fsp3) is 0.633. The number of alkyl carbamates (subject to hydrolysis) is 1. The van der Waals surface area contributed by atoms with Crippen LogP contribution in [-0.4, -0.2) is 69.0 Å². The zero-order chi connectivity index (χ0) is 31.7. The van der Waals surface area contributed by atoms with Crippen LogP contribution >= 0.6 is 0 Å². The summed E-state index contributed by atoms with van der Waals surface area (Å²) < 4.78 is 17.0. The number of hydrogen-bond donors (Lipinski definition) is 2. The second kappa shape index (κ2) is 14.6. The lowest BCUT2D eigenvalue weighted by molar-refractivity contribution is -0.157. The molecule has 0 bridgehead atoms. The van der Waals surface area contributed by atoms with Crippen LogP contribution in [0.25, 0.3) is 0 Å². The van der Waals surface area contributed by atoms with Gasteiger partial charge in [0.05, 0.1) is 30.4 Å². The van der Waals surface area contributed by atoms with Crippen LogP contribution in [0.1, 0.15) is 78.9 Å². The van der Waals surface area contributed by atoms with Gasteiger partial charge in [-0.05, 0) is 63.5 Å². The van der Waals surface area contributed by atoms with Crippen LogP contribution in [0.2, 0.25) is 18.1 Å². The van der Waals surface area contributed by atoms with Crippen LogP contribution in [0.4, 0.5) is 4.79 Å². The highest BCUT2D eigenvalue weighted by Crippen LogP contribution is 2.37. The minimum Gasteiger partial charge on any atom is -0.458 e. The van der Waals surface area contributed by atoms with Gasteiger partial charge in [0.1, 0.15) is 17.7 Å². The van der Waals surface area contributed by atoms with Crippen molar-refractivity contribution in [2.75, 3.05) is 13.2 Å². The predicted octanol–water partition coefficient (Wildman–Crippen LogP) is 4.79. The fourth-order valence-electron chi connectivity index (χ4n) is 3.75. The van der Waals surface area contributed by atoms with Crippen molar-refractivity contribution >= 4 is 32.0 Å². The summed E-state index contributed by atoms with van der Waals surface area (Å²) in [6.07, 6.45) is -0.457. The van der Waals surface area contributed by atoms with E-state index in [0.717, 1.165) is 5.56 Å². The van der Waals surface area contributed by atoms with Gasteiger partial charge in [-0.3, -0.25) is 4.79 Å². The number of ether oxygens (including phenoxy) is 2. The minimum atomic E-state index is -1.95. The van der Waals surface area contributed by atoms with Crippen LogP contribution < -0.4 is 10.6 Å². The molecule has 0 radical (unpaired) electrons. The van der Waals surface area contributed by atoms with Crippen LogP contribution in [0.15, 0.2) is 29.4 Å². The summed E-state index contributed by atoms with van der Waals surface area (Å²) in [4.78, 5) is 43.4. The van der Waals surface area contributed by atoms with E-state index in [1.165, 1.54) is 0 Å². The zero-order valence-corrected chi connectivity index (χ0v) is 27.3. The van der Waals surface area contributed by atoms with Gasteiger partial charge in [0, 0.05) is 25.5 Å². The van der Waals surface area contributed by atoms with Crippen molar-refractivity contribution in [1.29, 1.82) is 5.26 Å². The monoisotopic (exact) mass is 602 g/mol. The highest BCUT2D eigenvalue weighted by atomic mass is 28.4. The first-order chi connectivity index (χ1) is 19.4. The number of nitriles is 1. The van der Waals surface area contributed by atoms with Gasteiger partial charge in [0.2, 0.25) is 5.91 Å². The van der Waals surface area contributed by atoms with E-state index in [4.69, 9.17) is 24.0 Å².